The third-order valence-corrected chi connectivity index (χ3v) is 6.48. The number of aromatic hydroxyl groups is 1. The average molecular weight is 392 g/mol. The van der Waals surface area contributed by atoms with Crippen LogP contribution in [0.25, 0.3) is 0 Å². The molecule has 1 heterocycles. The van der Waals surface area contributed by atoms with Crippen LogP contribution in [0, 0.1) is 20.8 Å². The number of benzene rings is 1. The van der Waals surface area contributed by atoms with Gasteiger partial charge in [-0.05, 0) is 63.4 Å². The van der Waals surface area contributed by atoms with Crippen LogP contribution in [0.5, 0.6) is 5.75 Å². The molecule has 2 N–H and O–H groups in total. The molecule has 0 aliphatic carbocycles. The van der Waals surface area contributed by atoms with Gasteiger partial charge in [-0.3, -0.25) is 9.55 Å². The molecule has 1 atom stereocenters. The van der Waals surface area contributed by atoms with Crippen LogP contribution in [0.1, 0.15) is 42.3 Å². The predicted molar refractivity (Wildman–Crippen MR) is 109 cm³/mol. The molecular weight excluding hydrogens is 363 g/mol. The maximum atomic E-state index is 13.1. The Balaban J connectivity index is 2.43. The van der Waals surface area contributed by atoms with Gasteiger partial charge in [-0.25, -0.2) is 0 Å². The first-order valence-electron chi connectivity index (χ1n) is 9.16. The van der Waals surface area contributed by atoms with Crippen LogP contribution < -0.4 is 5.32 Å². The van der Waals surface area contributed by atoms with Gasteiger partial charge in [0.1, 0.15) is 5.75 Å². The number of rotatable bonds is 9. The highest BCUT2D eigenvalue weighted by atomic mass is 31.2. The predicted octanol–water partition coefficient (Wildman–Crippen LogP) is 5.13. The zero-order valence-electron chi connectivity index (χ0n) is 16.7. The number of pyridine rings is 1. The van der Waals surface area contributed by atoms with E-state index in [4.69, 9.17) is 9.05 Å². The van der Waals surface area contributed by atoms with Crippen molar-refractivity contribution in [2.45, 2.75) is 40.7 Å². The van der Waals surface area contributed by atoms with E-state index in [2.05, 4.69) is 10.3 Å². The quantitative estimate of drug-likeness (QED) is 0.576. The van der Waals surface area contributed by atoms with Crippen LogP contribution in [0.2, 0.25) is 0 Å². The zero-order valence-corrected chi connectivity index (χ0v) is 17.5. The van der Waals surface area contributed by atoms with Crippen molar-refractivity contribution in [3.8, 4) is 5.75 Å². The van der Waals surface area contributed by atoms with Gasteiger partial charge in [0.15, 0.2) is 0 Å². The molecular formula is C20H29N2O4P. The monoisotopic (exact) mass is 392 g/mol. The molecule has 0 aliphatic heterocycles. The Morgan fingerprint density at radius 1 is 1.11 bits per heavy atom. The standard InChI is InChI=1S/C20H29N2O4P/c1-6-25-27(24,26-7-2)13-19(22-17-10-9-15(4)21-12-17)18-11-8-14(3)20(23)16(18)5/h8-12,19,22-23H,6-7,13H2,1-5H3. The second kappa shape index (κ2) is 9.36. The average Bonchev–Trinajstić information content (AvgIpc) is 2.61. The molecule has 148 valence electrons. The first-order valence-corrected chi connectivity index (χ1v) is 10.9. The number of phenols is 1. The maximum absolute atomic E-state index is 13.1. The largest absolute Gasteiger partial charge is 0.507 e. The summed E-state index contributed by atoms with van der Waals surface area (Å²) in [6.45, 7) is 9.81. The molecule has 0 fully saturated rings. The number of aryl methyl sites for hydroxylation is 2. The minimum absolute atomic E-state index is 0.145. The lowest BCUT2D eigenvalue weighted by Gasteiger charge is -2.27. The van der Waals surface area contributed by atoms with Crippen molar-refractivity contribution in [2.75, 3.05) is 24.7 Å². The van der Waals surface area contributed by atoms with Gasteiger partial charge in [0.25, 0.3) is 0 Å². The molecule has 0 amide bonds. The fourth-order valence-corrected chi connectivity index (χ4v) is 4.77. The van der Waals surface area contributed by atoms with E-state index in [0.717, 1.165) is 28.1 Å². The molecule has 2 rings (SSSR count). The van der Waals surface area contributed by atoms with Crippen molar-refractivity contribution < 1.29 is 18.7 Å². The topological polar surface area (TPSA) is 80.7 Å². The fourth-order valence-electron chi connectivity index (χ4n) is 2.96. The molecule has 27 heavy (non-hydrogen) atoms. The Hall–Kier alpha value is -1.88. The van der Waals surface area contributed by atoms with Crippen LogP contribution in [-0.4, -0.2) is 29.5 Å². The van der Waals surface area contributed by atoms with Gasteiger partial charge in [-0.15, -0.1) is 0 Å². The molecule has 6 nitrogen and oxygen atoms in total. The number of phenolic OH excluding ortho intramolecular Hbond substituents is 1. The number of hydrogen-bond donors (Lipinski definition) is 2. The summed E-state index contributed by atoms with van der Waals surface area (Å²) in [4.78, 5) is 4.31. The lowest BCUT2D eigenvalue weighted by atomic mass is 9.98. The van der Waals surface area contributed by atoms with Crippen LogP contribution in [0.4, 0.5) is 5.69 Å². The number of aromatic nitrogens is 1. The van der Waals surface area contributed by atoms with E-state index < -0.39 is 7.60 Å². The van der Waals surface area contributed by atoms with E-state index >= 15 is 0 Å². The van der Waals surface area contributed by atoms with Crippen LogP contribution in [-0.2, 0) is 13.6 Å². The Morgan fingerprint density at radius 2 is 1.78 bits per heavy atom. The van der Waals surface area contributed by atoms with Crippen LogP contribution in [0.15, 0.2) is 30.5 Å². The lowest BCUT2D eigenvalue weighted by Crippen LogP contribution is -2.18. The van der Waals surface area contributed by atoms with Gasteiger partial charge in [0.05, 0.1) is 37.3 Å². The summed E-state index contributed by atoms with van der Waals surface area (Å²) in [7, 11) is -3.30. The molecule has 0 radical (unpaired) electrons. The van der Waals surface area contributed by atoms with Gasteiger partial charge in [-0.1, -0.05) is 12.1 Å². The summed E-state index contributed by atoms with van der Waals surface area (Å²) in [5, 5.41) is 13.7. The third-order valence-electron chi connectivity index (χ3n) is 4.36. The van der Waals surface area contributed by atoms with Crippen molar-refractivity contribution in [3.05, 3.63) is 52.8 Å². The zero-order chi connectivity index (χ0) is 20.0. The second-order valence-corrected chi connectivity index (χ2v) is 8.56. The minimum atomic E-state index is -3.30. The van der Waals surface area contributed by atoms with Gasteiger partial charge in [0, 0.05) is 5.69 Å². The molecule has 1 aromatic carbocycles. The summed E-state index contributed by atoms with van der Waals surface area (Å²) in [5.74, 6) is 0.240. The van der Waals surface area contributed by atoms with Crippen molar-refractivity contribution in [3.63, 3.8) is 0 Å². The van der Waals surface area contributed by atoms with Crippen LogP contribution >= 0.6 is 7.60 Å². The summed E-state index contributed by atoms with van der Waals surface area (Å²) in [6, 6.07) is 7.25. The first-order chi connectivity index (χ1) is 12.8. The van der Waals surface area contributed by atoms with E-state index in [1.54, 1.807) is 20.0 Å². The molecule has 1 aromatic heterocycles. The fraction of sp³-hybridized carbons (Fsp3) is 0.450. The smallest absolute Gasteiger partial charge is 0.333 e. The molecule has 1 unspecified atom stereocenters. The van der Waals surface area contributed by atoms with E-state index in [9.17, 15) is 9.67 Å². The van der Waals surface area contributed by atoms with E-state index in [0.29, 0.717) is 13.2 Å². The lowest BCUT2D eigenvalue weighted by molar-refractivity contribution is 0.219. The summed E-state index contributed by atoms with van der Waals surface area (Å²) in [5.41, 5.74) is 4.09. The van der Waals surface area contributed by atoms with Crippen molar-refractivity contribution in [1.29, 1.82) is 0 Å². The van der Waals surface area contributed by atoms with E-state index in [1.165, 1.54) is 0 Å². The Morgan fingerprint density at radius 3 is 2.33 bits per heavy atom. The number of anilines is 1. The van der Waals surface area contributed by atoms with Crippen molar-refractivity contribution >= 4 is 13.3 Å². The number of nitrogens with zero attached hydrogens (tertiary/aromatic N) is 1. The van der Waals surface area contributed by atoms with Gasteiger partial charge in [-0.2, -0.15) is 0 Å². The first kappa shape index (κ1) is 21.4. The molecule has 0 aliphatic rings. The van der Waals surface area contributed by atoms with Crippen molar-refractivity contribution in [2.24, 2.45) is 0 Å². The minimum Gasteiger partial charge on any atom is -0.507 e. The Bertz CT molecular complexity index is 798. The molecule has 0 saturated carbocycles. The molecule has 0 saturated heterocycles. The molecule has 2 aromatic rings. The Labute approximate surface area is 161 Å². The van der Waals surface area contributed by atoms with Gasteiger partial charge in [0.2, 0.25) is 0 Å². The van der Waals surface area contributed by atoms with Crippen LogP contribution in [0.3, 0.4) is 0 Å². The van der Waals surface area contributed by atoms with Crippen molar-refractivity contribution in [1.82, 2.24) is 4.98 Å². The Kier molecular flexibility index (Phi) is 7.42. The summed E-state index contributed by atoms with van der Waals surface area (Å²) in [6.07, 6.45) is 1.88. The van der Waals surface area contributed by atoms with E-state index in [1.807, 2.05) is 45.0 Å². The summed E-state index contributed by atoms with van der Waals surface area (Å²) >= 11 is 0. The number of nitrogens with one attached hydrogen (secondary N) is 1. The highest BCUT2D eigenvalue weighted by Gasteiger charge is 2.31. The van der Waals surface area contributed by atoms with Gasteiger partial charge < -0.3 is 19.5 Å². The molecule has 0 spiro atoms. The second-order valence-electron chi connectivity index (χ2n) is 6.46. The van der Waals surface area contributed by atoms with Gasteiger partial charge >= 0.3 is 7.60 Å². The molecule has 0 bridgehead atoms. The number of hydrogen-bond acceptors (Lipinski definition) is 6. The SMILES string of the molecule is CCOP(=O)(CC(Nc1ccc(C)nc1)c1ccc(C)c(O)c1C)OCC. The normalized spacial score (nSPS) is 12.8. The highest BCUT2D eigenvalue weighted by Crippen LogP contribution is 2.51. The molecule has 7 heteroatoms. The van der Waals surface area contributed by atoms with E-state index in [-0.39, 0.29) is 18.0 Å². The summed E-state index contributed by atoms with van der Waals surface area (Å²) < 4.78 is 24.1. The highest BCUT2D eigenvalue weighted by molar-refractivity contribution is 7.53. The third kappa shape index (κ3) is 5.55. The maximum Gasteiger partial charge on any atom is 0.333 e.